The molecule has 0 bridgehead atoms. The van der Waals surface area contributed by atoms with Crippen LogP contribution in [0.1, 0.15) is 0 Å². The molecule has 10 aromatic carbocycles. The summed E-state index contributed by atoms with van der Waals surface area (Å²) >= 11 is 0. The number of fused-ring (bicyclic) bond motifs is 6. The van der Waals surface area contributed by atoms with Crippen molar-refractivity contribution in [1.82, 2.24) is 4.57 Å². The maximum Gasteiger partial charge on any atom is 0.0541 e. The maximum atomic E-state index is 2.40. The van der Waals surface area contributed by atoms with Crippen molar-refractivity contribution in [2.75, 3.05) is 0 Å². The van der Waals surface area contributed by atoms with E-state index in [9.17, 15) is 0 Å². The number of hydrogen-bond acceptors (Lipinski definition) is 0. The van der Waals surface area contributed by atoms with Gasteiger partial charge in [-0.3, -0.25) is 0 Å². The van der Waals surface area contributed by atoms with Gasteiger partial charge in [0.05, 0.1) is 11.0 Å². The summed E-state index contributed by atoms with van der Waals surface area (Å²) in [5.41, 5.74) is 13.4. The van der Waals surface area contributed by atoms with Crippen LogP contribution in [0.5, 0.6) is 0 Å². The molecule has 1 heterocycles. The van der Waals surface area contributed by atoms with Crippen molar-refractivity contribution in [3.63, 3.8) is 0 Å². The largest absolute Gasteiger partial charge is 0.309 e. The summed E-state index contributed by atoms with van der Waals surface area (Å²) in [6.45, 7) is 0. The Morgan fingerprint density at radius 2 is 0.691 bits per heavy atom. The predicted octanol–water partition coefficient (Wildman–Crippen LogP) is 14.9. The van der Waals surface area contributed by atoms with Gasteiger partial charge in [0, 0.05) is 16.5 Å². The van der Waals surface area contributed by atoms with Gasteiger partial charge in [0.2, 0.25) is 0 Å². The molecule has 55 heavy (non-hydrogen) atoms. The first-order chi connectivity index (χ1) is 27.2. The average Bonchev–Trinajstić information content (AvgIpc) is 3.59. The molecule has 0 atom stereocenters. The Hall–Kier alpha value is -7.22. The number of benzene rings is 10. The highest BCUT2D eigenvalue weighted by atomic mass is 15.0. The molecule has 256 valence electrons. The molecular weight excluding hydrogens is 663 g/mol. The van der Waals surface area contributed by atoms with E-state index in [1.165, 1.54) is 98.6 Å². The topological polar surface area (TPSA) is 4.93 Å². The fourth-order valence-electron chi connectivity index (χ4n) is 8.62. The Balaban J connectivity index is 0.917. The van der Waals surface area contributed by atoms with Crippen LogP contribution in [0.2, 0.25) is 0 Å². The first-order valence-electron chi connectivity index (χ1n) is 19.0. The van der Waals surface area contributed by atoms with Crippen molar-refractivity contribution in [1.29, 1.82) is 0 Å². The van der Waals surface area contributed by atoms with E-state index in [0.29, 0.717) is 0 Å². The fraction of sp³-hybridized carbons (Fsp3) is 0. The van der Waals surface area contributed by atoms with Crippen LogP contribution in [0.15, 0.2) is 212 Å². The Morgan fingerprint density at radius 3 is 1.38 bits per heavy atom. The van der Waals surface area contributed by atoms with Gasteiger partial charge in [-0.1, -0.05) is 170 Å². The monoisotopic (exact) mass is 697 g/mol. The van der Waals surface area contributed by atoms with E-state index in [2.05, 4.69) is 217 Å². The summed E-state index contributed by atoms with van der Waals surface area (Å²) < 4.78 is 2.40. The van der Waals surface area contributed by atoms with Crippen LogP contribution in [0.3, 0.4) is 0 Å². The molecule has 0 fully saturated rings. The zero-order valence-corrected chi connectivity index (χ0v) is 30.2. The highest BCUT2D eigenvalue weighted by Gasteiger charge is 2.14. The normalized spacial score (nSPS) is 11.6. The lowest BCUT2D eigenvalue weighted by Crippen LogP contribution is -1.93. The van der Waals surface area contributed by atoms with Gasteiger partial charge in [-0.15, -0.1) is 0 Å². The molecule has 0 radical (unpaired) electrons. The van der Waals surface area contributed by atoms with E-state index in [1.807, 2.05) is 0 Å². The minimum Gasteiger partial charge on any atom is -0.309 e. The first-order valence-corrected chi connectivity index (χ1v) is 19.0. The van der Waals surface area contributed by atoms with E-state index in [-0.39, 0.29) is 0 Å². The summed E-state index contributed by atoms with van der Waals surface area (Å²) in [4.78, 5) is 0. The molecule has 0 aliphatic rings. The molecule has 1 aromatic heterocycles. The third kappa shape index (κ3) is 5.32. The SMILES string of the molecule is c1ccc2c(-c3ccc(-c4ccc5c(c4)c4ccccc4n5-c4ccc(-c5ccc6cc(-c7cccc8ccccc78)ccc6c5)cc4)cc3)cccc2c1. The molecule has 11 aromatic rings. The van der Waals surface area contributed by atoms with Crippen molar-refractivity contribution in [3.8, 4) is 50.2 Å². The van der Waals surface area contributed by atoms with Gasteiger partial charge >= 0.3 is 0 Å². The molecule has 0 spiro atoms. The highest BCUT2D eigenvalue weighted by Crippen LogP contribution is 2.37. The van der Waals surface area contributed by atoms with Gasteiger partial charge < -0.3 is 4.57 Å². The Morgan fingerprint density at radius 1 is 0.236 bits per heavy atom. The van der Waals surface area contributed by atoms with Gasteiger partial charge in [0.15, 0.2) is 0 Å². The van der Waals surface area contributed by atoms with Gasteiger partial charge in [0.25, 0.3) is 0 Å². The molecule has 0 saturated carbocycles. The summed E-state index contributed by atoms with van der Waals surface area (Å²) in [6.07, 6.45) is 0. The third-order valence-corrected chi connectivity index (χ3v) is 11.4. The van der Waals surface area contributed by atoms with Crippen molar-refractivity contribution in [3.05, 3.63) is 212 Å². The second-order valence-electron chi connectivity index (χ2n) is 14.5. The molecule has 1 heteroatoms. The molecule has 0 unspecified atom stereocenters. The number of nitrogens with zero attached hydrogens (tertiary/aromatic N) is 1. The second kappa shape index (κ2) is 12.7. The average molecular weight is 698 g/mol. The van der Waals surface area contributed by atoms with Crippen molar-refractivity contribution in [2.45, 2.75) is 0 Å². The van der Waals surface area contributed by atoms with Crippen LogP contribution >= 0.6 is 0 Å². The fourth-order valence-corrected chi connectivity index (χ4v) is 8.62. The molecule has 0 amide bonds. The second-order valence-corrected chi connectivity index (χ2v) is 14.5. The summed E-state index contributed by atoms with van der Waals surface area (Å²) in [5, 5.41) is 10.1. The van der Waals surface area contributed by atoms with E-state index >= 15 is 0 Å². The van der Waals surface area contributed by atoms with Gasteiger partial charge in [-0.25, -0.2) is 0 Å². The van der Waals surface area contributed by atoms with Crippen molar-refractivity contribution >= 4 is 54.1 Å². The Labute approximate surface area is 320 Å². The first kappa shape index (κ1) is 31.3. The lowest BCUT2D eigenvalue weighted by molar-refractivity contribution is 1.18. The van der Waals surface area contributed by atoms with Crippen LogP contribution in [-0.2, 0) is 0 Å². The lowest BCUT2D eigenvalue weighted by atomic mass is 9.95. The van der Waals surface area contributed by atoms with Crippen molar-refractivity contribution in [2.24, 2.45) is 0 Å². The van der Waals surface area contributed by atoms with E-state index in [0.717, 1.165) is 5.69 Å². The van der Waals surface area contributed by atoms with E-state index in [4.69, 9.17) is 0 Å². The Kier molecular flexibility index (Phi) is 7.25. The number of aromatic nitrogens is 1. The zero-order chi connectivity index (χ0) is 36.3. The van der Waals surface area contributed by atoms with E-state index < -0.39 is 0 Å². The molecule has 1 nitrogen and oxygen atoms in total. The minimum absolute atomic E-state index is 1.16. The van der Waals surface area contributed by atoms with E-state index in [1.54, 1.807) is 0 Å². The predicted molar refractivity (Wildman–Crippen MR) is 235 cm³/mol. The summed E-state index contributed by atoms with van der Waals surface area (Å²) in [6, 6.07) is 77.7. The quantitative estimate of drug-likeness (QED) is 0.169. The number of rotatable bonds is 5. The smallest absolute Gasteiger partial charge is 0.0541 e. The molecule has 11 rings (SSSR count). The minimum atomic E-state index is 1.16. The van der Waals surface area contributed by atoms with Crippen LogP contribution in [0, 0.1) is 0 Å². The van der Waals surface area contributed by atoms with Crippen LogP contribution in [0.4, 0.5) is 0 Å². The van der Waals surface area contributed by atoms with Gasteiger partial charge in [-0.2, -0.15) is 0 Å². The van der Waals surface area contributed by atoms with Crippen LogP contribution < -0.4 is 0 Å². The number of hydrogen-bond donors (Lipinski definition) is 0. The highest BCUT2D eigenvalue weighted by molar-refractivity contribution is 6.10. The lowest BCUT2D eigenvalue weighted by Gasteiger charge is -2.11. The molecule has 0 N–H and O–H groups in total. The number of para-hydroxylation sites is 1. The Bertz CT molecular complexity index is 3230. The van der Waals surface area contributed by atoms with Crippen LogP contribution in [-0.4, -0.2) is 4.57 Å². The summed E-state index contributed by atoms with van der Waals surface area (Å²) in [5.74, 6) is 0. The van der Waals surface area contributed by atoms with Gasteiger partial charge in [-0.05, 0) is 119 Å². The van der Waals surface area contributed by atoms with Crippen LogP contribution in [0.25, 0.3) is 104 Å². The maximum absolute atomic E-state index is 2.40. The molecule has 0 aliphatic carbocycles. The summed E-state index contributed by atoms with van der Waals surface area (Å²) in [7, 11) is 0. The van der Waals surface area contributed by atoms with Gasteiger partial charge in [0.1, 0.15) is 0 Å². The standard InChI is InChI=1S/C54H35N/c1-3-13-47-38(9-1)11-7-16-49(47)40-21-19-36(20-22-40)44-29-32-54-52(35-44)51-15-5-6-18-53(51)55(54)46-30-27-37(28-31-46)41-23-24-43-34-45(26-25-42(43)33-41)50-17-8-12-39-10-2-4-14-48(39)50/h1-35H. The zero-order valence-electron chi connectivity index (χ0n) is 30.2. The van der Waals surface area contributed by atoms with Crippen molar-refractivity contribution < 1.29 is 0 Å². The third-order valence-electron chi connectivity index (χ3n) is 11.4. The molecular formula is C54H35N. The molecule has 0 aliphatic heterocycles. The molecule has 0 saturated heterocycles.